The van der Waals surface area contributed by atoms with Gasteiger partial charge in [0.25, 0.3) is 0 Å². The van der Waals surface area contributed by atoms with Gasteiger partial charge in [0.15, 0.2) is 5.78 Å². The van der Waals surface area contributed by atoms with Crippen molar-refractivity contribution in [1.82, 2.24) is 4.90 Å². The van der Waals surface area contributed by atoms with Crippen molar-refractivity contribution >= 4 is 5.78 Å². The zero-order chi connectivity index (χ0) is 13.6. The van der Waals surface area contributed by atoms with Crippen LogP contribution in [0.2, 0.25) is 0 Å². The molecule has 1 saturated carbocycles. The van der Waals surface area contributed by atoms with Gasteiger partial charge in [0.2, 0.25) is 0 Å². The number of nitrogens with zero attached hydrogens (tertiary/aromatic N) is 1. The molecule has 3 nitrogen and oxygen atoms in total. The van der Waals surface area contributed by atoms with E-state index in [2.05, 4.69) is 25.9 Å². The van der Waals surface area contributed by atoms with Crippen molar-refractivity contribution in [2.75, 3.05) is 27.8 Å². The molecule has 0 amide bonds. The Bertz CT molecular complexity index is 255. The fourth-order valence-electron chi connectivity index (χ4n) is 3.11. The maximum atomic E-state index is 12.8. The summed E-state index contributed by atoms with van der Waals surface area (Å²) in [6.07, 6.45) is 7.80. The number of hydrogen-bond acceptors (Lipinski definition) is 3. The van der Waals surface area contributed by atoms with E-state index < -0.39 is 0 Å². The van der Waals surface area contributed by atoms with Gasteiger partial charge in [-0.2, -0.15) is 0 Å². The largest absolute Gasteiger partial charge is 0.385 e. The predicted octanol–water partition coefficient (Wildman–Crippen LogP) is 2.88. The molecule has 1 fully saturated rings. The van der Waals surface area contributed by atoms with Crippen LogP contribution in [-0.4, -0.2) is 44.0 Å². The fraction of sp³-hybridized carbons (Fsp3) is 0.933. The molecule has 0 saturated heterocycles. The molecule has 0 bridgehead atoms. The number of Topliss-reactive ketones (excluding diaryl/α,β-unsaturated/α-hetero) is 1. The summed E-state index contributed by atoms with van der Waals surface area (Å²) in [7, 11) is 5.82. The Kier molecular flexibility index (Phi) is 6.30. The van der Waals surface area contributed by atoms with Crippen LogP contribution < -0.4 is 0 Å². The monoisotopic (exact) mass is 255 g/mol. The Morgan fingerprint density at radius 1 is 1.22 bits per heavy atom. The fourth-order valence-corrected chi connectivity index (χ4v) is 3.11. The van der Waals surface area contributed by atoms with Crippen molar-refractivity contribution in [2.45, 2.75) is 57.4 Å². The van der Waals surface area contributed by atoms with Crippen molar-refractivity contribution < 1.29 is 9.53 Å². The van der Waals surface area contributed by atoms with Gasteiger partial charge < -0.3 is 4.74 Å². The van der Waals surface area contributed by atoms with Crippen LogP contribution in [0, 0.1) is 5.92 Å². The molecule has 1 unspecified atom stereocenters. The van der Waals surface area contributed by atoms with Crippen molar-refractivity contribution in [2.24, 2.45) is 5.92 Å². The second-order valence-electron chi connectivity index (χ2n) is 5.89. The smallest absolute Gasteiger partial charge is 0.155 e. The Morgan fingerprint density at radius 3 is 2.22 bits per heavy atom. The molecule has 1 aliphatic carbocycles. The highest BCUT2D eigenvalue weighted by Gasteiger charge is 2.42. The van der Waals surface area contributed by atoms with Crippen molar-refractivity contribution in [3.63, 3.8) is 0 Å². The van der Waals surface area contributed by atoms with Crippen molar-refractivity contribution in [3.8, 4) is 0 Å². The molecule has 0 heterocycles. The number of carbonyl (C=O) groups is 1. The zero-order valence-electron chi connectivity index (χ0n) is 12.5. The molecule has 0 aromatic heterocycles. The Hall–Kier alpha value is -0.410. The number of ketones is 1. The molecule has 1 rings (SSSR count). The van der Waals surface area contributed by atoms with E-state index in [0.717, 1.165) is 19.3 Å². The second-order valence-corrected chi connectivity index (χ2v) is 5.89. The summed E-state index contributed by atoms with van der Waals surface area (Å²) in [5, 5.41) is 0. The van der Waals surface area contributed by atoms with Crippen LogP contribution in [0.3, 0.4) is 0 Å². The molecule has 0 radical (unpaired) electrons. The standard InChI is InChI=1S/C15H29NO2/c1-13(9-12-18-4)14(17)15(16(2)3)10-7-5-6-8-11-15/h13H,5-12H2,1-4H3. The van der Waals surface area contributed by atoms with Gasteiger partial charge in [-0.3, -0.25) is 9.69 Å². The molecule has 1 atom stereocenters. The van der Waals surface area contributed by atoms with E-state index in [9.17, 15) is 4.79 Å². The quantitative estimate of drug-likeness (QED) is 0.684. The SMILES string of the molecule is COCCC(C)C(=O)C1(N(C)C)CCCCCC1. The number of hydrogen-bond donors (Lipinski definition) is 0. The first kappa shape index (κ1) is 15.6. The minimum Gasteiger partial charge on any atom is -0.385 e. The minimum atomic E-state index is -0.219. The van der Waals surface area contributed by atoms with Crippen LogP contribution in [0.1, 0.15) is 51.9 Å². The lowest BCUT2D eigenvalue weighted by molar-refractivity contribution is -0.135. The van der Waals surface area contributed by atoms with Crippen molar-refractivity contribution in [1.29, 1.82) is 0 Å². The Morgan fingerprint density at radius 2 is 1.78 bits per heavy atom. The number of carbonyl (C=O) groups excluding carboxylic acids is 1. The normalized spacial score (nSPS) is 21.6. The lowest BCUT2D eigenvalue weighted by Crippen LogP contribution is -2.53. The van der Waals surface area contributed by atoms with E-state index >= 15 is 0 Å². The second kappa shape index (κ2) is 7.25. The van der Waals surface area contributed by atoms with Gasteiger partial charge in [0.1, 0.15) is 0 Å². The van der Waals surface area contributed by atoms with Crippen LogP contribution in [-0.2, 0) is 9.53 Å². The summed E-state index contributed by atoms with van der Waals surface area (Å²) < 4.78 is 5.10. The van der Waals surface area contributed by atoms with Crippen LogP contribution >= 0.6 is 0 Å². The highest BCUT2D eigenvalue weighted by Crippen LogP contribution is 2.34. The van der Waals surface area contributed by atoms with Gasteiger partial charge in [-0.1, -0.05) is 32.6 Å². The summed E-state index contributed by atoms with van der Waals surface area (Å²) in [5.74, 6) is 0.525. The molecule has 0 aromatic carbocycles. The Balaban J connectivity index is 2.78. The molecule has 0 aliphatic heterocycles. The number of rotatable bonds is 6. The van der Waals surface area contributed by atoms with Gasteiger partial charge in [0.05, 0.1) is 5.54 Å². The minimum absolute atomic E-state index is 0.102. The third-order valence-electron chi connectivity index (χ3n) is 4.45. The summed E-state index contributed by atoms with van der Waals surface area (Å²) in [5.41, 5.74) is -0.219. The number of likely N-dealkylation sites (N-methyl/N-ethyl adjacent to an activating group) is 1. The van der Waals surface area contributed by atoms with Crippen molar-refractivity contribution in [3.05, 3.63) is 0 Å². The van der Waals surface area contributed by atoms with Crippen LogP contribution in [0.5, 0.6) is 0 Å². The molecule has 0 aromatic rings. The summed E-state index contributed by atoms with van der Waals surface area (Å²) in [4.78, 5) is 15.0. The average molecular weight is 255 g/mol. The molecule has 18 heavy (non-hydrogen) atoms. The van der Waals surface area contributed by atoms with Crippen LogP contribution in [0.4, 0.5) is 0 Å². The van der Waals surface area contributed by atoms with E-state index in [4.69, 9.17) is 4.74 Å². The average Bonchev–Trinajstić information content (AvgIpc) is 2.61. The summed E-state index contributed by atoms with van der Waals surface area (Å²) in [6, 6.07) is 0. The highest BCUT2D eigenvalue weighted by atomic mass is 16.5. The summed E-state index contributed by atoms with van der Waals surface area (Å²) >= 11 is 0. The lowest BCUT2D eigenvalue weighted by atomic mass is 9.78. The topological polar surface area (TPSA) is 29.5 Å². The highest BCUT2D eigenvalue weighted by molar-refractivity contribution is 5.90. The van der Waals surface area contributed by atoms with Gasteiger partial charge in [-0.15, -0.1) is 0 Å². The molecular weight excluding hydrogens is 226 g/mol. The first-order valence-corrected chi connectivity index (χ1v) is 7.25. The third kappa shape index (κ3) is 3.55. The molecule has 0 N–H and O–H groups in total. The van der Waals surface area contributed by atoms with Gasteiger partial charge >= 0.3 is 0 Å². The third-order valence-corrected chi connectivity index (χ3v) is 4.45. The van der Waals surface area contributed by atoms with Crippen LogP contribution in [0.25, 0.3) is 0 Å². The maximum Gasteiger partial charge on any atom is 0.155 e. The first-order valence-electron chi connectivity index (χ1n) is 7.25. The van der Waals surface area contributed by atoms with E-state index in [-0.39, 0.29) is 11.5 Å². The van der Waals surface area contributed by atoms with Gasteiger partial charge in [-0.25, -0.2) is 0 Å². The zero-order valence-corrected chi connectivity index (χ0v) is 12.5. The van der Waals surface area contributed by atoms with E-state index in [1.165, 1.54) is 25.7 Å². The molecule has 106 valence electrons. The van der Waals surface area contributed by atoms with Crippen LogP contribution in [0.15, 0.2) is 0 Å². The first-order chi connectivity index (χ1) is 8.54. The molecular formula is C15H29NO2. The van der Waals surface area contributed by atoms with Gasteiger partial charge in [0, 0.05) is 19.6 Å². The molecule has 0 spiro atoms. The predicted molar refractivity (Wildman–Crippen MR) is 74.8 cm³/mol. The van der Waals surface area contributed by atoms with E-state index in [1.54, 1.807) is 7.11 Å². The molecule has 3 heteroatoms. The van der Waals surface area contributed by atoms with E-state index in [0.29, 0.717) is 12.4 Å². The Labute approximate surface area is 112 Å². The number of methoxy groups -OCH3 is 1. The van der Waals surface area contributed by atoms with Gasteiger partial charge in [-0.05, 0) is 33.4 Å². The summed E-state index contributed by atoms with van der Waals surface area (Å²) in [6.45, 7) is 2.73. The lowest BCUT2D eigenvalue weighted by Gasteiger charge is -2.39. The van der Waals surface area contributed by atoms with E-state index in [1.807, 2.05) is 0 Å². The maximum absolute atomic E-state index is 12.8. The molecule has 1 aliphatic rings. The number of ether oxygens (including phenoxy) is 1.